The number of carboxylic acids is 1. The van der Waals surface area contributed by atoms with Crippen LogP contribution in [0.5, 0.6) is 0 Å². The monoisotopic (exact) mass is 282 g/mol. The molecule has 0 saturated carbocycles. The molecule has 0 fully saturated rings. The van der Waals surface area contributed by atoms with Crippen molar-refractivity contribution in [2.75, 3.05) is 33.7 Å². The highest BCUT2D eigenvalue weighted by atomic mass is 16.4. The van der Waals surface area contributed by atoms with Gasteiger partial charge in [-0.15, -0.1) is 0 Å². The maximum atomic E-state index is 12.2. The van der Waals surface area contributed by atoms with E-state index >= 15 is 0 Å². The summed E-state index contributed by atoms with van der Waals surface area (Å²) in [7, 11) is 5.09. The minimum atomic E-state index is -1.10. The number of likely N-dealkylation sites (N-methyl/N-ethyl adjacent to an activating group) is 1. The first-order valence-electron chi connectivity index (χ1n) is 6.01. The molecule has 0 saturated heterocycles. The van der Waals surface area contributed by atoms with Crippen molar-refractivity contribution >= 4 is 11.9 Å². The van der Waals surface area contributed by atoms with Gasteiger partial charge in [0, 0.05) is 26.2 Å². The molecule has 1 aromatic rings. The van der Waals surface area contributed by atoms with Crippen LogP contribution in [0.3, 0.4) is 0 Å². The fraction of sp³-hybridized carbons (Fsp3) is 0.500. The minimum Gasteiger partial charge on any atom is -0.480 e. The number of hydrogen-bond donors (Lipinski definition) is 1. The quantitative estimate of drug-likeness (QED) is 0.709. The van der Waals surface area contributed by atoms with E-state index in [-0.39, 0.29) is 17.8 Å². The molecule has 0 radical (unpaired) electrons. The van der Waals surface area contributed by atoms with Gasteiger partial charge in [0.2, 0.25) is 0 Å². The van der Waals surface area contributed by atoms with Gasteiger partial charge in [-0.1, -0.05) is 0 Å². The summed E-state index contributed by atoms with van der Waals surface area (Å²) in [5.74, 6) is -1.60. The third-order valence-corrected chi connectivity index (χ3v) is 2.61. The van der Waals surface area contributed by atoms with E-state index in [9.17, 15) is 14.4 Å². The summed E-state index contributed by atoms with van der Waals surface area (Å²) in [6, 6.07) is 2.53. The number of carboxylic acid groups (broad SMARTS) is 1. The number of aromatic nitrogens is 2. The Hall–Kier alpha value is -2.22. The van der Waals surface area contributed by atoms with Crippen LogP contribution in [0.2, 0.25) is 0 Å². The molecule has 1 aromatic heterocycles. The Morgan fingerprint density at radius 1 is 1.30 bits per heavy atom. The van der Waals surface area contributed by atoms with E-state index in [1.807, 2.05) is 19.0 Å². The van der Waals surface area contributed by atoms with E-state index in [1.165, 1.54) is 24.1 Å². The molecule has 1 N–H and O–H groups in total. The van der Waals surface area contributed by atoms with Crippen molar-refractivity contribution in [3.63, 3.8) is 0 Å². The fourth-order valence-corrected chi connectivity index (χ4v) is 1.51. The van der Waals surface area contributed by atoms with Crippen molar-refractivity contribution in [3.05, 3.63) is 28.2 Å². The predicted molar refractivity (Wildman–Crippen MR) is 71.6 cm³/mol. The maximum Gasteiger partial charge on any atom is 0.323 e. The average Bonchev–Trinajstić information content (AvgIpc) is 2.36. The zero-order chi connectivity index (χ0) is 15.3. The van der Waals surface area contributed by atoms with Gasteiger partial charge in [-0.3, -0.25) is 14.4 Å². The summed E-state index contributed by atoms with van der Waals surface area (Å²) in [5.41, 5.74) is -0.285. The van der Waals surface area contributed by atoms with E-state index in [4.69, 9.17) is 5.11 Å². The summed E-state index contributed by atoms with van der Waals surface area (Å²) in [6.07, 6.45) is 0. The highest BCUT2D eigenvalue weighted by Crippen LogP contribution is 2.00. The van der Waals surface area contributed by atoms with E-state index < -0.39 is 18.4 Å². The highest BCUT2D eigenvalue weighted by molar-refractivity contribution is 5.93. The molecule has 0 bridgehead atoms. The number of aryl methyl sites for hydroxylation is 1. The lowest BCUT2D eigenvalue weighted by molar-refractivity contribution is -0.137. The second-order valence-corrected chi connectivity index (χ2v) is 4.60. The number of amides is 1. The largest absolute Gasteiger partial charge is 0.480 e. The Morgan fingerprint density at radius 3 is 2.45 bits per heavy atom. The number of carbonyl (C=O) groups excluding carboxylic acids is 1. The third kappa shape index (κ3) is 4.47. The predicted octanol–water partition coefficient (Wildman–Crippen LogP) is -1.13. The van der Waals surface area contributed by atoms with Gasteiger partial charge in [-0.25, -0.2) is 4.68 Å². The first-order chi connectivity index (χ1) is 9.31. The molecule has 1 heterocycles. The van der Waals surface area contributed by atoms with Crippen LogP contribution in [0.4, 0.5) is 0 Å². The molecule has 8 nitrogen and oxygen atoms in total. The maximum absolute atomic E-state index is 12.2. The Bertz CT molecular complexity index is 553. The van der Waals surface area contributed by atoms with Gasteiger partial charge in [0.05, 0.1) is 0 Å². The van der Waals surface area contributed by atoms with E-state index in [1.54, 1.807) is 0 Å². The summed E-state index contributed by atoms with van der Waals surface area (Å²) in [4.78, 5) is 37.3. The molecule has 0 aliphatic rings. The van der Waals surface area contributed by atoms with Crippen LogP contribution in [0, 0.1) is 0 Å². The van der Waals surface area contributed by atoms with Gasteiger partial charge in [0.1, 0.15) is 12.2 Å². The molecule has 110 valence electrons. The third-order valence-electron chi connectivity index (χ3n) is 2.61. The second-order valence-electron chi connectivity index (χ2n) is 4.60. The molecule has 20 heavy (non-hydrogen) atoms. The molecule has 0 spiro atoms. The molecule has 1 amide bonds. The van der Waals surface area contributed by atoms with Crippen molar-refractivity contribution in [1.29, 1.82) is 0 Å². The number of rotatable bonds is 6. The summed E-state index contributed by atoms with van der Waals surface area (Å²) in [6.45, 7) is 0.393. The van der Waals surface area contributed by atoms with Gasteiger partial charge in [-0.05, 0) is 20.2 Å². The van der Waals surface area contributed by atoms with E-state index in [0.29, 0.717) is 6.54 Å². The Morgan fingerprint density at radius 2 is 1.95 bits per heavy atom. The van der Waals surface area contributed by atoms with Gasteiger partial charge < -0.3 is 14.9 Å². The molecule has 0 aliphatic carbocycles. The lowest BCUT2D eigenvalue weighted by atomic mass is 10.3. The van der Waals surface area contributed by atoms with Gasteiger partial charge >= 0.3 is 5.97 Å². The van der Waals surface area contributed by atoms with Crippen LogP contribution in [0.15, 0.2) is 16.9 Å². The van der Waals surface area contributed by atoms with Crippen LogP contribution in [0.25, 0.3) is 0 Å². The van der Waals surface area contributed by atoms with Gasteiger partial charge in [0.25, 0.3) is 11.5 Å². The number of nitrogens with zero attached hydrogens (tertiary/aromatic N) is 4. The highest BCUT2D eigenvalue weighted by Gasteiger charge is 2.20. The number of hydrogen-bond acceptors (Lipinski definition) is 5. The van der Waals surface area contributed by atoms with Crippen molar-refractivity contribution in [2.24, 2.45) is 7.05 Å². The SMILES string of the molecule is CN(C)CCN(CC(=O)O)C(=O)c1ccc(=O)n(C)n1. The molecule has 0 unspecified atom stereocenters. The molecule has 0 aliphatic heterocycles. The van der Waals surface area contributed by atoms with Gasteiger partial charge in [-0.2, -0.15) is 5.10 Å². The van der Waals surface area contributed by atoms with Crippen LogP contribution < -0.4 is 5.56 Å². The van der Waals surface area contributed by atoms with Gasteiger partial charge in [0.15, 0.2) is 0 Å². The first kappa shape index (κ1) is 15.8. The van der Waals surface area contributed by atoms with E-state index in [0.717, 1.165) is 4.68 Å². The van der Waals surface area contributed by atoms with Crippen LogP contribution in [0.1, 0.15) is 10.5 Å². The standard InChI is InChI=1S/C12H18N4O4/c1-14(2)6-7-16(8-11(18)19)12(20)9-4-5-10(17)15(3)13-9/h4-5H,6-8H2,1-3H3,(H,18,19). The molecular weight excluding hydrogens is 264 g/mol. The topological polar surface area (TPSA) is 95.7 Å². The number of carbonyl (C=O) groups is 2. The lowest BCUT2D eigenvalue weighted by Gasteiger charge is -2.22. The molecule has 1 rings (SSSR count). The molecule has 8 heteroatoms. The zero-order valence-corrected chi connectivity index (χ0v) is 11.7. The van der Waals surface area contributed by atoms with Crippen molar-refractivity contribution < 1.29 is 14.7 Å². The second kappa shape index (κ2) is 6.80. The summed E-state index contributed by atoms with van der Waals surface area (Å²) < 4.78 is 1.04. The molecular formula is C12H18N4O4. The Kier molecular flexibility index (Phi) is 5.39. The summed E-state index contributed by atoms with van der Waals surface area (Å²) >= 11 is 0. The number of aliphatic carboxylic acids is 1. The first-order valence-corrected chi connectivity index (χ1v) is 6.01. The van der Waals surface area contributed by atoms with Crippen LogP contribution in [-0.2, 0) is 11.8 Å². The fourth-order valence-electron chi connectivity index (χ4n) is 1.51. The van der Waals surface area contributed by atoms with Crippen molar-refractivity contribution in [1.82, 2.24) is 19.6 Å². The average molecular weight is 282 g/mol. The normalized spacial score (nSPS) is 10.6. The lowest BCUT2D eigenvalue weighted by Crippen LogP contribution is -2.41. The smallest absolute Gasteiger partial charge is 0.323 e. The Labute approximate surface area is 116 Å². The van der Waals surface area contributed by atoms with Crippen molar-refractivity contribution in [2.45, 2.75) is 0 Å². The zero-order valence-electron chi connectivity index (χ0n) is 11.7. The van der Waals surface area contributed by atoms with Crippen LogP contribution in [-0.4, -0.2) is 70.3 Å². The molecule has 0 atom stereocenters. The van der Waals surface area contributed by atoms with Crippen LogP contribution >= 0.6 is 0 Å². The Balaban J connectivity index is 2.93. The van der Waals surface area contributed by atoms with E-state index in [2.05, 4.69) is 5.10 Å². The van der Waals surface area contributed by atoms with Crippen molar-refractivity contribution in [3.8, 4) is 0 Å². The summed E-state index contributed by atoms with van der Waals surface area (Å²) in [5, 5.41) is 12.7. The molecule has 0 aromatic carbocycles. The minimum absolute atomic E-state index is 0.0482.